The molecule has 152 valence electrons. The first kappa shape index (κ1) is 18.7. The van der Waals surface area contributed by atoms with E-state index < -0.39 is 11.7 Å². The molecule has 4 rings (SSSR count). The number of fused-ring (bicyclic) bond motifs is 2. The van der Waals surface area contributed by atoms with Crippen LogP contribution in [0.1, 0.15) is 27.2 Å². The molecule has 0 unspecified atom stereocenters. The Balaban J connectivity index is 1.43. The monoisotopic (exact) mass is 390 g/mol. The minimum atomic E-state index is -0.549. The minimum absolute atomic E-state index is 0.157. The summed E-state index contributed by atoms with van der Waals surface area (Å²) < 4.78 is 22.3. The van der Waals surface area contributed by atoms with Gasteiger partial charge < -0.3 is 23.8 Å². The van der Waals surface area contributed by atoms with Crippen LogP contribution in [0.15, 0.2) is 18.2 Å². The maximum Gasteiger partial charge on any atom is 0.414 e. The predicted octanol–water partition coefficient (Wildman–Crippen LogP) is 3.04. The number of anilines is 1. The van der Waals surface area contributed by atoms with Gasteiger partial charge in [0.2, 0.25) is 0 Å². The van der Waals surface area contributed by atoms with Gasteiger partial charge in [0.15, 0.2) is 11.5 Å². The van der Waals surface area contributed by atoms with Crippen molar-refractivity contribution < 1.29 is 28.5 Å². The summed E-state index contributed by atoms with van der Waals surface area (Å²) in [5.41, 5.74) is 0.175. The van der Waals surface area contributed by atoms with Crippen molar-refractivity contribution in [2.24, 2.45) is 5.92 Å². The lowest BCUT2D eigenvalue weighted by Gasteiger charge is -2.44. The highest BCUT2D eigenvalue weighted by atomic mass is 16.6. The van der Waals surface area contributed by atoms with Gasteiger partial charge in [-0.1, -0.05) is 0 Å². The number of rotatable bonds is 1. The third-order valence-corrected chi connectivity index (χ3v) is 5.07. The Morgan fingerprint density at radius 3 is 2.64 bits per heavy atom. The van der Waals surface area contributed by atoms with Gasteiger partial charge in [-0.15, -0.1) is 0 Å². The van der Waals surface area contributed by atoms with Crippen LogP contribution < -0.4 is 14.4 Å². The fourth-order valence-electron chi connectivity index (χ4n) is 3.71. The van der Waals surface area contributed by atoms with Gasteiger partial charge in [-0.25, -0.2) is 9.59 Å². The fourth-order valence-corrected chi connectivity index (χ4v) is 3.71. The van der Waals surface area contributed by atoms with Crippen LogP contribution in [0.25, 0.3) is 0 Å². The fraction of sp³-hybridized carbons (Fsp3) is 0.600. The average Bonchev–Trinajstić information content (AvgIpc) is 2.65. The van der Waals surface area contributed by atoms with Gasteiger partial charge >= 0.3 is 12.2 Å². The van der Waals surface area contributed by atoms with Crippen molar-refractivity contribution in [3.63, 3.8) is 0 Å². The molecule has 0 N–H and O–H groups in total. The minimum Gasteiger partial charge on any atom is -0.486 e. The highest BCUT2D eigenvalue weighted by Gasteiger charge is 2.42. The van der Waals surface area contributed by atoms with Gasteiger partial charge in [0.1, 0.15) is 24.9 Å². The Bertz CT molecular complexity index is 774. The predicted molar refractivity (Wildman–Crippen MR) is 101 cm³/mol. The smallest absolute Gasteiger partial charge is 0.414 e. The van der Waals surface area contributed by atoms with Gasteiger partial charge in [-0.2, -0.15) is 0 Å². The standard InChI is InChI=1S/C20H26N2O6/c1-20(2,3)28-18(23)21-7-6-13-11-22(19(24)27-17(13)12-21)14-4-5-15-16(10-14)26-9-8-25-15/h4-5,10,13,17H,6-9,11-12H2,1-3H3/t13-,17+/m1/s1. The van der Waals surface area contributed by atoms with E-state index in [1.54, 1.807) is 9.80 Å². The SMILES string of the molecule is CC(C)(C)OC(=O)N1CC[C@@H]2CN(c3ccc4c(c3)OCCO4)C(=O)O[C@H]2C1. The molecule has 0 aromatic heterocycles. The van der Waals surface area contributed by atoms with Crippen LogP contribution in [0.5, 0.6) is 11.5 Å². The van der Waals surface area contributed by atoms with Crippen molar-refractivity contribution in [2.75, 3.05) is 37.7 Å². The van der Waals surface area contributed by atoms with Crippen LogP contribution in [0.3, 0.4) is 0 Å². The summed E-state index contributed by atoms with van der Waals surface area (Å²) >= 11 is 0. The number of carbonyl (C=O) groups is 2. The Morgan fingerprint density at radius 2 is 1.89 bits per heavy atom. The number of benzene rings is 1. The lowest BCUT2D eigenvalue weighted by Crippen LogP contribution is -2.57. The summed E-state index contributed by atoms with van der Waals surface area (Å²) in [6, 6.07) is 5.46. The molecule has 0 saturated carbocycles. The molecule has 0 radical (unpaired) electrons. The normalized spacial score (nSPS) is 24.3. The van der Waals surface area contributed by atoms with Crippen molar-refractivity contribution in [3.05, 3.63) is 18.2 Å². The van der Waals surface area contributed by atoms with Gasteiger partial charge in [-0.3, -0.25) is 4.90 Å². The molecule has 0 aliphatic carbocycles. The lowest BCUT2D eigenvalue weighted by molar-refractivity contribution is -0.0253. The zero-order valence-corrected chi connectivity index (χ0v) is 16.5. The Hall–Kier alpha value is -2.64. The summed E-state index contributed by atoms with van der Waals surface area (Å²) in [6.07, 6.45) is -0.347. The van der Waals surface area contributed by atoms with Crippen molar-refractivity contribution in [1.29, 1.82) is 0 Å². The van der Waals surface area contributed by atoms with E-state index >= 15 is 0 Å². The lowest BCUT2D eigenvalue weighted by atomic mass is 9.92. The molecule has 28 heavy (non-hydrogen) atoms. The van der Waals surface area contributed by atoms with E-state index in [1.807, 2.05) is 39.0 Å². The van der Waals surface area contributed by atoms with Crippen LogP contribution >= 0.6 is 0 Å². The van der Waals surface area contributed by atoms with E-state index in [0.29, 0.717) is 44.3 Å². The second-order valence-electron chi connectivity index (χ2n) is 8.34. The van der Waals surface area contributed by atoms with Crippen molar-refractivity contribution in [2.45, 2.75) is 38.9 Å². The Morgan fingerprint density at radius 1 is 1.14 bits per heavy atom. The number of hydrogen-bond acceptors (Lipinski definition) is 6. The molecule has 3 aliphatic rings. The van der Waals surface area contributed by atoms with Crippen LogP contribution in [-0.4, -0.2) is 61.6 Å². The maximum atomic E-state index is 12.6. The number of nitrogens with zero attached hydrogens (tertiary/aromatic N) is 2. The molecule has 0 bridgehead atoms. The molecule has 1 aromatic carbocycles. The molecular weight excluding hydrogens is 364 g/mol. The molecule has 8 nitrogen and oxygen atoms in total. The molecule has 2 amide bonds. The number of piperidine rings is 1. The first-order valence-electron chi connectivity index (χ1n) is 9.66. The van der Waals surface area contributed by atoms with Crippen LogP contribution in [0, 0.1) is 5.92 Å². The molecule has 2 atom stereocenters. The molecule has 3 aliphatic heterocycles. The van der Waals surface area contributed by atoms with E-state index in [-0.39, 0.29) is 18.1 Å². The third kappa shape index (κ3) is 3.81. The molecule has 8 heteroatoms. The highest BCUT2D eigenvalue weighted by Crippen LogP contribution is 2.36. The molecule has 3 heterocycles. The van der Waals surface area contributed by atoms with Gasteiger partial charge in [-0.05, 0) is 39.3 Å². The molecular formula is C20H26N2O6. The molecule has 2 saturated heterocycles. The molecule has 2 fully saturated rings. The second-order valence-corrected chi connectivity index (χ2v) is 8.34. The summed E-state index contributed by atoms with van der Waals surface area (Å²) in [7, 11) is 0. The summed E-state index contributed by atoms with van der Waals surface area (Å²) in [4.78, 5) is 28.2. The molecule has 0 spiro atoms. The third-order valence-electron chi connectivity index (χ3n) is 5.07. The zero-order chi connectivity index (χ0) is 19.9. The van der Waals surface area contributed by atoms with E-state index in [4.69, 9.17) is 18.9 Å². The van der Waals surface area contributed by atoms with E-state index in [1.165, 1.54) is 0 Å². The number of likely N-dealkylation sites (tertiary alicyclic amines) is 1. The van der Waals surface area contributed by atoms with Crippen molar-refractivity contribution in [3.8, 4) is 11.5 Å². The summed E-state index contributed by atoms with van der Waals surface area (Å²) in [5, 5.41) is 0. The first-order chi connectivity index (χ1) is 13.3. The van der Waals surface area contributed by atoms with Crippen molar-refractivity contribution >= 4 is 17.9 Å². The van der Waals surface area contributed by atoms with E-state index in [0.717, 1.165) is 12.1 Å². The van der Waals surface area contributed by atoms with Gasteiger partial charge in [0, 0.05) is 25.1 Å². The highest BCUT2D eigenvalue weighted by molar-refractivity contribution is 5.89. The number of carbonyl (C=O) groups excluding carboxylic acids is 2. The van der Waals surface area contributed by atoms with Gasteiger partial charge in [0.05, 0.1) is 12.2 Å². The van der Waals surface area contributed by atoms with Gasteiger partial charge in [0.25, 0.3) is 0 Å². The second kappa shape index (κ2) is 7.07. The Kier molecular flexibility index (Phi) is 4.72. The van der Waals surface area contributed by atoms with Crippen LogP contribution in [0.4, 0.5) is 15.3 Å². The Labute approximate surface area is 164 Å². The van der Waals surface area contributed by atoms with E-state index in [2.05, 4.69) is 0 Å². The number of hydrogen-bond donors (Lipinski definition) is 0. The number of ether oxygens (including phenoxy) is 4. The maximum absolute atomic E-state index is 12.6. The summed E-state index contributed by atoms with van der Waals surface area (Å²) in [5.74, 6) is 1.48. The summed E-state index contributed by atoms with van der Waals surface area (Å²) in [6.45, 7) is 8.02. The quantitative estimate of drug-likeness (QED) is 0.734. The average molecular weight is 390 g/mol. The van der Waals surface area contributed by atoms with Crippen molar-refractivity contribution in [1.82, 2.24) is 4.90 Å². The molecule has 1 aromatic rings. The number of amides is 2. The first-order valence-corrected chi connectivity index (χ1v) is 9.66. The van der Waals surface area contributed by atoms with E-state index in [9.17, 15) is 9.59 Å². The topological polar surface area (TPSA) is 77.5 Å². The van der Waals surface area contributed by atoms with Crippen LogP contribution in [0.2, 0.25) is 0 Å². The van der Waals surface area contributed by atoms with Crippen LogP contribution in [-0.2, 0) is 9.47 Å². The zero-order valence-electron chi connectivity index (χ0n) is 16.5. The largest absolute Gasteiger partial charge is 0.486 e.